The maximum atomic E-state index is 13.1. The van der Waals surface area contributed by atoms with E-state index in [1.807, 2.05) is 24.3 Å². The van der Waals surface area contributed by atoms with Gasteiger partial charge in [0.1, 0.15) is 0 Å². The summed E-state index contributed by atoms with van der Waals surface area (Å²) in [7, 11) is 3.14. The molecule has 0 aliphatic rings. The molecule has 0 saturated carbocycles. The molecule has 1 aromatic heterocycles. The van der Waals surface area contributed by atoms with Crippen molar-refractivity contribution in [2.45, 2.75) is 5.16 Å². The molecule has 128 valence electrons. The number of rotatable bonds is 6. The largest absolute Gasteiger partial charge is 0.493 e. The Kier molecular flexibility index (Phi) is 5.09. The molecule has 3 rings (SSSR count). The fourth-order valence-corrected chi connectivity index (χ4v) is 3.28. The van der Waals surface area contributed by atoms with Gasteiger partial charge >= 0.3 is 0 Å². The highest BCUT2D eigenvalue weighted by molar-refractivity contribution is 7.99. The van der Waals surface area contributed by atoms with Gasteiger partial charge in [0, 0.05) is 11.8 Å². The molecule has 0 fully saturated rings. The molecule has 0 saturated heterocycles. The van der Waals surface area contributed by atoms with Crippen molar-refractivity contribution in [2.24, 2.45) is 0 Å². The number of hydrogen-bond acceptors (Lipinski definition) is 5. The molecule has 3 aromatic rings. The van der Waals surface area contributed by atoms with Crippen LogP contribution in [-0.4, -0.2) is 29.5 Å². The van der Waals surface area contributed by atoms with Crippen LogP contribution in [0.2, 0.25) is 0 Å². The van der Waals surface area contributed by atoms with Crippen LogP contribution >= 0.6 is 11.8 Å². The molecule has 0 aliphatic heterocycles. The quantitative estimate of drug-likeness (QED) is 0.384. The smallest absolute Gasteiger partial charge is 0.266 e. The molecule has 0 aliphatic carbocycles. The number of nitrogens with zero attached hydrogens (tertiary/aromatic N) is 2. The normalized spacial score (nSPS) is 10.6. The van der Waals surface area contributed by atoms with Gasteiger partial charge in [-0.3, -0.25) is 9.36 Å². The summed E-state index contributed by atoms with van der Waals surface area (Å²) in [6.45, 7) is 3.74. The van der Waals surface area contributed by atoms with Crippen LogP contribution in [0.15, 0.2) is 65.1 Å². The van der Waals surface area contributed by atoms with Crippen LogP contribution in [0.4, 0.5) is 0 Å². The van der Waals surface area contributed by atoms with Crippen LogP contribution < -0.4 is 15.0 Å². The summed E-state index contributed by atoms with van der Waals surface area (Å²) in [6, 6.07) is 12.7. The maximum Gasteiger partial charge on any atom is 0.266 e. The summed E-state index contributed by atoms with van der Waals surface area (Å²) in [5.74, 6) is 1.81. The van der Waals surface area contributed by atoms with E-state index in [9.17, 15) is 4.79 Å². The molecule has 6 heteroatoms. The molecule has 25 heavy (non-hydrogen) atoms. The van der Waals surface area contributed by atoms with Gasteiger partial charge < -0.3 is 9.47 Å². The van der Waals surface area contributed by atoms with Crippen molar-refractivity contribution in [3.05, 3.63) is 65.5 Å². The minimum absolute atomic E-state index is 0.121. The topological polar surface area (TPSA) is 53.4 Å². The van der Waals surface area contributed by atoms with E-state index in [1.165, 1.54) is 11.8 Å². The van der Waals surface area contributed by atoms with E-state index in [1.54, 1.807) is 43.1 Å². The summed E-state index contributed by atoms with van der Waals surface area (Å²) in [5, 5.41) is 1.18. The monoisotopic (exact) mass is 354 g/mol. The Balaban J connectivity index is 2.28. The lowest BCUT2D eigenvalue weighted by Crippen LogP contribution is -2.21. The summed E-state index contributed by atoms with van der Waals surface area (Å²) in [4.78, 5) is 17.7. The highest BCUT2D eigenvalue weighted by Gasteiger charge is 2.14. The molecule has 0 spiro atoms. The van der Waals surface area contributed by atoms with E-state index >= 15 is 0 Å². The first-order chi connectivity index (χ1) is 12.2. The van der Waals surface area contributed by atoms with Gasteiger partial charge in [0.15, 0.2) is 16.7 Å². The van der Waals surface area contributed by atoms with Gasteiger partial charge in [0.05, 0.1) is 30.8 Å². The number of methoxy groups -OCH3 is 2. The number of aromatic nitrogens is 2. The fraction of sp³-hybridized carbons (Fsp3) is 0.158. The lowest BCUT2D eigenvalue weighted by molar-refractivity contribution is 0.354. The maximum absolute atomic E-state index is 13.1. The highest BCUT2D eigenvalue weighted by atomic mass is 32.2. The van der Waals surface area contributed by atoms with Crippen molar-refractivity contribution in [3.63, 3.8) is 0 Å². The molecule has 0 unspecified atom stereocenters. The van der Waals surface area contributed by atoms with E-state index in [4.69, 9.17) is 9.47 Å². The number of benzene rings is 2. The third-order valence-corrected chi connectivity index (χ3v) is 4.63. The standard InChI is InChI=1S/C19H18N2O3S/c1-4-11-25-19-20-15-8-6-5-7-14(15)18(22)21(19)13-9-10-16(23-2)17(12-13)24-3/h4-10,12H,1,11H2,2-3H3. The van der Waals surface area contributed by atoms with Crippen molar-refractivity contribution < 1.29 is 9.47 Å². The van der Waals surface area contributed by atoms with Crippen LogP contribution in [0.25, 0.3) is 16.6 Å². The Hall–Kier alpha value is -2.73. The summed E-state index contributed by atoms with van der Waals surface area (Å²) >= 11 is 1.46. The van der Waals surface area contributed by atoms with Crippen LogP contribution in [0.5, 0.6) is 11.5 Å². The van der Waals surface area contributed by atoms with Gasteiger partial charge in [-0.05, 0) is 24.3 Å². The third kappa shape index (κ3) is 3.25. The molecule has 2 aromatic carbocycles. The molecular formula is C19H18N2O3S. The Morgan fingerprint density at radius 2 is 1.92 bits per heavy atom. The molecule has 0 radical (unpaired) electrons. The summed E-state index contributed by atoms with van der Waals surface area (Å²) < 4.78 is 12.2. The predicted octanol–water partition coefficient (Wildman–Crippen LogP) is 3.68. The van der Waals surface area contributed by atoms with Crippen LogP contribution in [0.3, 0.4) is 0 Å². The first-order valence-corrected chi connectivity index (χ1v) is 8.66. The highest BCUT2D eigenvalue weighted by Crippen LogP contribution is 2.30. The average molecular weight is 354 g/mol. The van der Waals surface area contributed by atoms with Gasteiger partial charge in [-0.25, -0.2) is 4.98 Å². The van der Waals surface area contributed by atoms with E-state index < -0.39 is 0 Å². The Bertz CT molecular complexity index is 982. The van der Waals surface area contributed by atoms with E-state index in [0.29, 0.717) is 39.0 Å². The summed E-state index contributed by atoms with van der Waals surface area (Å²) in [5.41, 5.74) is 1.23. The molecule has 0 N–H and O–H groups in total. The van der Waals surface area contributed by atoms with E-state index in [-0.39, 0.29) is 5.56 Å². The lowest BCUT2D eigenvalue weighted by Gasteiger charge is -2.15. The second-order valence-electron chi connectivity index (χ2n) is 5.19. The van der Waals surface area contributed by atoms with Crippen molar-refractivity contribution >= 4 is 22.7 Å². The first kappa shape index (κ1) is 17.1. The summed E-state index contributed by atoms with van der Waals surface area (Å²) in [6.07, 6.45) is 1.78. The number of hydrogen-bond donors (Lipinski definition) is 0. The fourth-order valence-electron chi connectivity index (χ4n) is 2.53. The number of fused-ring (bicyclic) bond motifs is 1. The van der Waals surface area contributed by atoms with Crippen LogP contribution in [-0.2, 0) is 0 Å². The van der Waals surface area contributed by atoms with Crippen molar-refractivity contribution in [1.29, 1.82) is 0 Å². The molecule has 0 atom stereocenters. The predicted molar refractivity (Wildman–Crippen MR) is 101 cm³/mol. The molecule has 0 amide bonds. The van der Waals surface area contributed by atoms with Gasteiger partial charge in [-0.2, -0.15) is 0 Å². The van der Waals surface area contributed by atoms with Crippen molar-refractivity contribution in [3.8, 4) is 17.2 Å². The zero-order chi connectivity index (χ0) is 17.8. The number of thioether (sulfide) groups is 1. The second-order valence-corrected chi connectivity index (χ2v) is 6.18. The van der Waals surface area contributed by atoms with E-state index in [0.717, 1.165) is 0 Å². The van der Waals surface area contributed by atoms with Gasteiger partial charge in [-0.15, -0.1) is 6.58 Å². The lowest BCUT2D eigenvalue weighted by atomic mass is 10.2. The third-order valence-electron chi connectivity index (χ3n) is 3.70. The minimum atomic E-state index is -0.121. The van der Waals surface area contributed by atoms with Crippen LogP contribution in [0.1, 0.15) is 0 Å². The minimum Gasteiger partial charge on any atom is -0.493 e. The second kappa shape index (κ2) is 7.44. The molecule has 5 nitrogen and oxygen atoms in total. The van der Waals surface area contributed by atoms with Crippen molar-refractivity contribution in [2.75, 3.05) is 20.0 Å². The zero-order valence-corrected chi connectivity index (χ0v) is 14.9. The number of para-hydroxylation sites is 1. The Morgan fingerprint density at radius 1 is 1.16 bits per heavy atom. The SMILES string of the molecule is C=CCSc1nc2ccccc2c(=O)n1-c1ccc(OC)c(OC)c1. The average Bonchev–Trinajstić information content (AvgIpc) is 2.66. The van der Waals surface area contributed by atoms with Gasteiger partial charge in [0.25, 0.3) is 5.56 Å². The Morgan fingerprint density at radius 3 is 2.64 bits per heavy atom. The molecule has 1 heterocycles. The van der Waals surface area contributed by atoms with Gasteiger partial charge in [-0.1, -0.05) is 30.0 Å². The van der Waals surface area contributed by atoms with E-state index in [2.05, 4.69) is 11.6 Å². The Labute approximate surface area is 149 Å². The molecular weight excluding hydrogens is 336 g/mol. The number of ether oxygens (including phenoxy) is 2. The first-order valence-electron chi connectivity index (χ1n) is 7.67. The molecule has 0 bridgehead atoms. The van der Waals surface area contributed by atoms with Gasteiger partial charge in [0.2, 0.25) is 0 Å². The van der Waals surface area contributed by atoms with Crippen molar-refractivity contribution in [1.82, 2.24) is 9.55 Å². The zero-order valence-electron chi connectivity index (χ0n) is 14.1. The van der Waals surface area contributed by atoms with Crippen LogP contribution in [0, 0.1) is 0 Å².